The summed E-state index contributed by atoms with van der Waals surface area (Å²) >= 11 is 5.90. The summed E-state index contributed by atoms with van der Waals surface area (Å²) in [6.07, 6.45) is 4.16. The van der Waals surface area contributed by atoms with Crippen molar-refractivity contribution in [3.05, 3.63) is 59.2 Å². The Labute approximate surface area is 174 Å². The summed E-state index contributed by atoms with van der Waals surface area (Å²) in [5.74, 6) is 1.18. The second-order valence-corrected chi connectivity index (χ2v) is 7.65. The highest BCUT2D eigenvalue weighted by molar-refractivity contribution is 6.30. The number of carbonyl (C=O) groups is 1. The van der Waals surface area contributed by atoms with Gasteiger partial charge in [-0.3, -0.25) is 10.1 Å². The van der Waals surface area contributed by atoms with Crippen molar-refractivity contribution in [2.75, 3.05) is 23.3 Å². The molecule has 0 bridgehead atoms. The predicted octanol–water partition coefficient (Wildman–Crippen LogP) is 4.81. The minimum Gasteiger partial charge on any atom is -0.357 e. The molecule has 3 aromatic rings. The monoisotopic (exact) mass is 410 g/mol. The molecular formula is C22H23ClN4O2. The van der Waals surface area contributed by atoms with Gasteiger partial charge in [0.25, 0.3) is 0 Å². The van der Waals surface area contributed by atoms with Crippen LogP contribution in [0.5, 0.6) is 0 Å². The molecule has 0 radical (unpaired) electrons. The molecule has 6 nitrogen and oxygen atoms in total. The van der Waals surface area contributed by atoms with Crippen molar-refractivity contribution in [3.63, 3.8) is 0 Å². The van der Waals surface area contributed by atoms with Gasteiger partial charge in [-0.1, -0.05) is 47.9 Å². The van der Waals surface area contributed by atoms with Crippen LogP contribution in [0.2, 0.25) is 5.02 Å². The van der Waals surface area contributed by atoms with Gasteiger partial charge in [0.05, 0.1) is 5.02 Å². The van der Waals surface area contributed by atoms with Gasteiger partial charge >= 0.3 is 0 Å². The number of nitrogens with zero attached hydrogens (tertiary/aromatic N) is 3. The van der Waals surface area contributed by atoms with Crippen LogP contribution in [-0.4, -0.2) is 29.1 Å². The Morgan fingerprint density at radius 1 is 1.21 bits per heavy atom. The summed E-state index contributed by atoms with van der Waals surface area (Å²) in [5, 5.41) is 7.57. The quantitative estimate of drug-likeness (QED) is 0.653. The Bertz CT molecular complexity index is 961. The first kappa shape index (κ1) is 19.5. The number of anilines is 2. The molecule has 1 fully saturated rings. The van der Waals surface area contributed by atoms with Gasteiger partial charge in [-0.05, 0) is 37.0 Å². The van der Waals surface area contributed by atoms with E-state index in [1.807, 2.05) is 24.3 Å². The summed E-state index contributed by atoms with van der Waals surface area (Å²) in [5.41, 5.74) is 2.95. The van der Waals surface area contributed by atoms with Gasteiger partial charge in [0, 0.05) is 36.8 Å². The lowest BCUT2D eigenvalue weighted by Crippen LogP contribution is -2.38. The van der Waals surface area contributed by atoms with Crippen LogP contribution >= 0.6 is 11.6 Å². The minimum absolute atomic E-state index is 0.0299. The van der Waals surface area contributed by atoms with Gasteiger partial charge in [0.2, 0.25) is 11.8 Å². The first-order valence-corrected chi connectivity index (χ1v) is 10.2. The summed E-state index contributed by atoms with van der Waals surface area (Å²) in [6.45, 7) is 3.67. The molecule has 3 heterocycles. The molecule has 0 unspecified atom stereocenters. The highest BCUT2D eigenvalue weighted by Crippen LogP contribution is 2.26. The third-order valence-corrected chi connectivity index (χ3v) is 5.54. The smallest absolute Gasteiger partial charge is 0.231 e. The van der Waals surface area contributed by atoms with Gasteiger partial charge in [-0.2, -0.15) is 0 Å². The molecule has 150 valence electrons. The zero-order chi connectivity index (χ0) is 20.2. The Kier molecular flexibility index (Phi) is 5.81. The Morgan fingerprint density at radius 2 is 1.97 bits per heavy atom. The van der Waals surface area contributed by atoms with Crippen molar-refractivity contribution in [2.24, 2.45) is 5.92 Å². The molecule has 1 saturated heterocycles. The molecule has 0 saturated carbocycles. The maximum absolute atomic E-state index is 12.6. The van der Waals surface area contributed by atoms with Gasteiger partial charge in [-0.15, -0.1) is 0 Å². The fourth-order valence-electron chi connectivity index (χ4n) is 3.53. The molecule has 0 spiro atoms. The Morgan fingerprint density at radius 3 is 2.62 bits per heavy atom. The maximum atomic E-state index is 12.6. The second kappa shape index (κ2) is 8.66. The molecule has 4 rings (SSSR count). The van der Waals surface area contributed by atoms with E-state index < -0.39 is 0 Å². The van der Waals surface area contributed by atoms with Crippen LogP contribution in [-0.2, 0) is 11.2 Å². The van der Waals surface area contributed by atoms with Crippen LogP contribution < -0.4 is 10.2 Å². The van der Waals surface area contributed by atoms with Crippen molar-refractivity contribution < 1.29 is 9.32 Å². The molecular weight excluding hydrogens is 388 g/mol. The van der Waals surface area contributed by atoms with Crippen molar-refractivity contribution in [3.8, 4) is 11.3 Å². The van der Waals surface area contributed by atoms with Crippen molar-refractivity contribution in [1.29, 1.82) is 0 Å². The fraction of sp³-hybridized carbons (Fsp3) is 0.318. The maximum Gasteiger partial charge on any atom is 0.231 e. The molecule has 0 atom stereocenters. The number of pyridine rings is 1. The highest BCUT2D eigenvalue weighted by atomic mass is 35.5. The zero-order valence-electron chi connectivity index (χ0n) is 16.3. The number of carbonyl (C=O) groups excluding carboxylic acids is 1. The SMILES string of the molecule is CCc1ccc(-c2cc(NC(=O)C3CCN(c4ccc(Cl)cn4)CC3)on2)cc1. The topological polar surface area (TPSA) is 71.3 Å². The molecule has 0 aliphatic carbocycles. The lowest BCUT2D eigenvalue weighted by molar-refractivity contribution is -0.120. The molecule has 1 N–H and O–H groups in total. The Hall–Kier alpha value is -2.86. The number of hydrogen-bond acceptors (Lipinski definition) is 5. The number of benzene rings is 1. The summed E-state index contributed by atoms with van der Waals surface area (Å²) in [6, 6.07) is 13.7. The van der Waals surface area contributed by atoms with E-state index in [1.54, 1.807) is 12.3 Å². The molecule has 1 aliphatic heterocycles. The van der Waals surface area contributed by atoms with E-state index in [1.165, 1.54) is 5.56 Å². The van der Waals surface area contributed by atoms with E-state index in [-0.39, 0.29) is 11.8 Å². The number of amides is 1. The van der Waals surface area contributed by atoms with E-state index in [9.17, 15) is 4.79 Å². The van der Waals surface area contributed by atoms with E-state index in [4.69, 9.17) is 16.1 Å². The standard InChI is InChI=1S/C22H23ClN4O2/c1-2-15-3-5-16(6-4-15)19-13-21(29-26-19)25-22(28)17-9-11-27(12-10-17)20-8-7-18(23)14-24-20/h3-8,13-14,17H,2,9-12H2,1H3,(H,25,28). The average Bonchev–Trinajstić information content (AvgIpc) is 3.23. The number of aryl methyl sites for hydroxylation is 1. The summed E-state index contributed by atoms with van der Waals surface area (Å²) in [4.78, 5) is 19.2. The normalized spacial score (nSPS) is 14.8. The van der Waals surface area contributed by atoms with Crippen molar-refractivity contribution in [2.45, 2.75) is 26.2 Å². The van der Waals surface area contributed by atoms with Crippen LogP contribution in [0.3, 0.4) is 0 Å². The predicted molar refractivity (Wildman–Crippen MR) is 114 cm³/mol. The molecule has 2 aromatic heterocycles. The van der Waals surface area contributed by atoms with Crippen molar-refractivity contribution in [1.82, 2.24) is 10.1 Å². The zero-order valence-corrected chi connectivity index (χ0v) is 17.0. The highest BCUT2D eigenvalue weighted by Gasteiger charge is 2.26. The number of rotatable bonds is 5. The van der Waals surface area contributed by atoms with Crippen LogP contribution in [0, 0.1) is 5.92 Å². The van der Waals surface area contributed by atoms with E-state index in [0.29, 0.717) is 16.6 Å². The molecule has 7 heteroatoms. The second-order valence-electron chi connectivity index (χ2n) is 7.21. The number of aromatic nitrogens is 2. The molecule has 29 heavy (non-hydrogen) atoms. The van der Waals surface area contributed by atoms with Crippen molar-refractivity contribution >= 4 is 29.2 Å². The molecule has 1 aliphatic rings. The number of nitrogens with one attached hydrogen (secondary N) is 1. The Balaban J connectivity index is 1.33. The number of piperidine rings is 1. The lowest BCUT2D eigenvalue weighted by Gasteiger charge is -2.31. The van der Waals surface area contributed by atoms with Crippen LogP contribution in [0.1, 0.15) is 25.3 Å². The van der Waals surface area contributed by atoms with Gasteiger partial charge in [0.1, 0.15) is 11.5 Å². The van der Waals surface area contributed by atoms with Crippen LogP contribution in [0.4, 0.5) is 11.7 Å². The third-order valence-electron chi connectivity index (χ3n) is 5.32. The van der Waals surface area contributed by atoms with Gasteiger partial charge in [0.15, 0.2) is 0 Å². The molecule has 1 aromatic carbocycles. The third kappa shape index (κ3) is 4.59. The van der Waals surface area contributed by atoms with Crippen LogP contribution in [0.15, 0.2) is 53.2 Å². The number of hydrogen-bond donors (Lipinski definition) is 1. The van der Waals surface area contributed by atoms with E-state index >= 15 is 0 Å². The van der Waals surface area contributed by atoms with Gasteiger partial charge in [-0.25, -0.2) is 4.98 Å². The minimum atomic E-state index is -0.0593. The van der Waals surface area contributed by atoms with Gasteiger partial charge < -0.3 is 9.42 Å². The summed E-state index contributed by atoms with van der Waals surface area (Å²) < 4.78 is 5.32. The van der Waals surface area contributed by atoms with Crippen LogP contribution in [0.25, 0.3) is 11.3 Å². The fourth-order valence-corrected chi connectivity index (χ4v) is 3.64. The number of halogens is 1. The summed E-state index contributed by atoms with van der Waals surface area (Å²) in [7, 11) is 0. The average molecular weight is 411 g/mol. The first-order valence-electron chi connectivity index (χ1n) is 9.86. The first-order chi connectivity index (χ1) is 14.1. The van der Waals surface area contributed by atoms with E-state index in [2.05, 4.69) is 39.4 Å². The largest absolute Gasteiger partial charge is 0.357 e. The van der Waals surface area contributed by atoms with E-state index in [0.717, 1.165) is 43.7 Å². The lowest BCUT2D eigenvalue weighted by atomic mass is 9.96. The molecule has 1 amide bonds.